The molecule has 7 heteroatoms. The van der Waals surface area contributed by atoms with Crippen LogP contribution in [0.2, 0.25) is 0 Å². The van der Waals surface area contributed by atoms with Crippen LogP contribution in [0, 0.1) is 23.4 Å². The van der Waals surface area contributed by atoms with Crippen molar-refractivity contribution in [2.75, 3.05) is 18.4 Å². The van der Waals surface area contributed by atoms with Gasteiger partial charge in [-0.1, -0.05) is 12.1 Å². The average molecular weight is 362 g/mol. The lowest BCUT2D eigenvalue weighted by Crippen LogP contribution is -2.41. The van der Waals surface area contributed by atoms with E-state index in [0.29, 0.717) is 25.9 Å². The standard InChI is InChI=1S/C19H17F3N2O2/c20-15-4-2-1-3-14(15)19(26)24-9-7-12(8-10-24)18(25)23-13-5-6-16(21)17(22)11-13/h1-6,11-12H,7-10H2,(H,23,25). The third-order valence-corrected chi connectivity index (χ3v) is 4.44. The number of hydrogen-bond donors (Lipinski definition) is 1. The van der Waals surface area contributed by atoms with Gasteiger partial charge in [0.15, 0.2) is 11.6 Å². The fourth-order valence-electron chi connectivity index (χ4n) is 2.97. The monoisotopic (exact) mass is 362 g/mol. The maximum Gasteiger partial charge on any atom is 0.256 e. The largest absolute Gasteiger partial charge is 0.339 e. The summed E-state index contributed by atoms with van der Waals surface area (Å²) in [4.78, 5) is 26.2. The van der Waals surface area contributed by atoms with Gasteiger partial charge in [-0.05, 0) is 37.1 Å². The number of nitrogens with one attached hydrogen (secondary N) is 1. The van der Waals surface area contributed by atoms with E-state index in [0.717, 1.165) is 12.1 Å². The molecule has 1 fully saturated rings. The van der Waals surface area contributed by atoms with Crippen LogP contribution in [0.25, 0.3) is 0 Å². The van der Waals surface area contributed by atoms with Crippen LogP contribution in [0.15, 0.2) is 42.5 Å². The molecule has 136 valence electrons. The zero-order valence-electron chi connectivity index (χ0n) is 13.8. The van der Waals surface area contributed by atoms with Crippen LogP contribution in [0.4, 0.5) is 18.9 Å². The van der Waals surface area contributed by atoms with E-state index >= 15 is 0 Å². The zero-order valence-corrected chi connectivity index (χ0v) is 13.8. The summed E-state index contributed by atoms with van der Waals surface area (Å²) in [6, 6.07) is 8.92. The summed E-state index contributed by atoms with van der Waals surface area (Å²) in [6.45, 7) is 0.645. The molecule has 2 aromatic rings. The number of anilines is 1. The summed E-state index contributed by atoms with van der Waals surface area (Å²) in [5.74, 6) is -3.66. The van der Waals surface area contributed by atoms with Gasteiger partial charge in [-0.2, -0.15) is 0 Å². The Hall–Kier alpha value is -2.83. The Morgan fingerprint density at radius 3 is 2.27 bits per heavy atom. The third kappa shape index (κ3) is 3.87. The highest BCUT2D eigenvalue weighted by molar-refractivity contribution is 5.95. The first-order valence-corrected chi connectivity index (χ1v) is 8.25. The van der Waals surface area contributed by atoms with E-state index in [-0.39, 0.29) is 23.1 Å². The highest BCUT2D eigenvalue weighted by Crippen LogP contribution is 2.22. The van der Waals surface area contributed by atoms with Crippen LogP contribution in [-0.2, 0) is 4.79 Å². The SMILES string of the molecule is O=C(Nc1ccc(F)c(F)c1)C1CCN(C(=O)c2ccccc2F)CC1. The van der Waals surface area contributed by atoms with Crippen LogP contribution in [-0.4, -0.2) is 29.8 Å². The molecule has 0 saturated carbocycles. The van der Waals surface area contributed by atoms with E-state index in [9.17, 15) is 22.8 Å². The second-order valence-corrected chi connectivity index (χ2v) is 6.16. The minimum Gasteiger partial charge on any atom is -0.339 e. The number of carbonyl (C=O) groups excluding carboxylic acids is 2. The summed E-state index contributed by atoms with van der Waals surface area (Å²) in [6.07, 6.45) is 0.825. The molecule has 1 saturated heterocycles. The molecular weight excluding hydrogens is 345 g/mol. The molecule has 26 heavy (non-hydrogen) atoms. The Balaban J connectivity index is 1.57. The first-order valence-electron chi connectivity index (χ1n) is 8.25. The second kappa shape index (κ2) is 7.59. The van der Waals surface area contributed by atoms with Gasteiger partial charge in [-0.15, -0.1) is 0 Å². The smallest absolute Gasteiger partial charge is 0.256 e. The fraction of sp³-hybridized carbons (Fsp3) is 0.263. The van der Waals surface area contributed by atoms with Crippen molar-refractivity contribution >= 4 is 17.5 Å². The van der Waals surface area contributed by atoms with E-state index in [1.54, 1.807) is 6.07 Å². The van der Waals surface area contributed by atoms with Crippen molar-refractivity contribution in [2.45, 2.75) is 12.8 Å². The number of rotatable bonds is 3. The summed E-state index contributed by atoms with van der Waals surface area (Å²) in [7, 11) is 0. The average Bonchev–Trinajstić information content (AvgIpc) is 2.65. The molecule has 1 aliphatic rings. The Kier molecular flexibility index (Phi) is 5.25. The fourth-order valence-corrected chi connectivity index (χ4v) is 2.97. The van der Waals surface area contributed by atoms with Crippen molar-refractivity contribution in [3.8, 4) is 0 Å². The molecule has 2 amide bonds. The van der Waals surface area contributed by atoms with E-state index < -0.39 is 23.4 Å². The summed E-state index contributed by atoms with van der Waals surface area (Å²) in [5.41, 5.74) is 0.191. The molecular formula is C19H17F3N2O2. The van der Waals surface area contributed by atoms with Gasteiger partial charge in [0.2, 0.25) is 5.91 Å². The van der Waals surface area contributed by atoms with Crippen molar-refractivity contribution in [3.05, 3.63) is 65.5 Å². The second-order valence-electron chi connectivity index (χ2n) is 6.16. The van der Waals surface area contributed by atoms with Gasteiger partial charge in [0, 0.05) is 30.8 Å². The first kappa shape index (κ1) is 18.0. The third-order valence-electron chi connectivity index (χ3n) is 4.44. The summed E-state index contributed by atoms with van der Waals surface area (Å²) in [5, 5.41) is 2.56. The van der Waals surface area contributed by atoms with Crippen LogP contribution < -0.4 is 5.32 Å². The number of halogens is 3. The number of benzene rings is 2. The summed E-state index contributed by atoms with van der Waals surface area (Å²) >= 11 is 0. The molecule has 1 aliphatic heterocycles. The quantitative estimate of drug-likeness (QED) is 0.907. The predicted molar refractivity (Wildman–Crippen MR) is 90.0 cm³/mol. The van der Waals surface area contributed by atoms with Crippen LogP contribution in [0.3, 0.4) is 0 Å². The Morgan fingerprint density at radius 2 is 1.62 bits per heavy atom. The molecule has 0 aromatic heterocycles. The van der Waals surface area contributed by atoms with Gasteiger partial charge < -0.3 is 10.2 Å². The van der Waals surface area contributed by atoms with Crippen molar-refractivity contribution in [1.82, 2.24) is 4.90 Å². The Morgan fingerprint density at radius 1 is 0.923 bits per heavy atom. The van der Waals surface area contributed by atoms with Crippen molar-refractivity contribution in [3.63, 3.8) is 0 Å². The Bertz CT molecular complexity index is 833. The van der Waals surface area contributed by atoms with Crippen molar-refractivity contribution < 1.29 is 22.8 Å². The lowest BCUT2D eigenvalue weighted by Gasteiger charge is -2.31. The van der Waals surface area contributed by atoms with Gasteiger partial charge in [-0.25, -0.2) is 13.2 Å². The van der Waals surface area contributed by atoms with E-state index in [1.807, 2.05) is 0 Å². The zero-order chi connectivity index (χ0) is 18.7. The number of nitrogens with zero attached hydrogens (tertiary/aromatic N) is 1. The normalized spacial score (nSPS) is 15.0. The predicted octanol–water partition coefficient (Wildman–Crippen LogP) is 3.59. The molecule has 1 heterocycles. The molecule has 2 aromatic carbocycles. The van der Waals surface area contributed by atoms with Gasteiger partial charge in [0.25, 0.3) is 5.91 Å². The molecule has 0 radical (unpaired) electrons. The van der Waals surface area contributed by atoms with Gasteiger partial charge in [0.1, 0.15) is 5.82 Å². The Labute approximate surface area is 148 Å². The molecule has 1 N–H and O–H groups in total. The van der Waals surface area contributed by atoms with Gasteiger partial charge in [-0.3, -0.25) is 9.59 Å². The highest BCUT2D eigenvalue weighted by Gasteiger charge is 2.28. The maximum atomic E-state index is 13.7. The number of carbonyl (C=O) groups is 2. The summed E-state index contributed by atoms with van der Waals surface area (Å²) < 4.78 is 39.9. The number of amides is 2. The van der Waals surface area contributed by atoms with E-state index in [4.69, 9.17) is 0 Å². The molecule has 4 nitrogen and oxygen atoms in total. The van der Waals surface area contributed by atoms with Gasteiger partial charge in [0.05, 0.1) is 5.56 Å². The molecule has 3 rings (SSSR count). The van der Waals surface area contributed by atoms with E-state index in [1.165, 1.54) is 29.2 Å². The van der Waals surface area contributed by atoms with Crippen LogP contribution in [0.5, 0.6) is 0 Å². The lowest BCUT2D eigenvalue weighted by atomic mass is 9.95. The number of piperidine rings is 1. The molecule has 0 unspecified atom stereocenters. The van der Waals surface area contributed by atoms with Crippen LogP contribution in [0.1, 0.15) is 23.2 Å². The first-order chi connectivity index (χ1) is 12.5. The maximum absolute atomic E-state index is 13.7. The topological polar surface area (TPSA) is 49.4 Å². The van der Waals surface area contributed by atoms with Gasteiger partial charge >= 0.3 is 0 Å². The van der Waals surface area contributed by atoms with E-state index in [2.05, 4.69) is 5.32 Å². The lowest BCUT2D eigenvalue weighted by molar-refractivity contribution is -0.121. The number of hydrogen-bond acceptors (Lipinski definition) is 2. The number of likely N-dealkylation sites (tertiary alicyclic amines) is 1. The minimum absolute atomic E-state index is 0.0113. The van der Waals surface area contributed by atoms with Crippen molar-refractivity contribution in [1.29, 1.82) is 0 Å². The highest BCUT2D eigenvalue weighted by atomic mass is 19.2. The molecule has 0 aliphatic carbocycles. The van der Waals surface area contributed by atoms with Crippen LogP contribution >= 0.6 is 0 Å². The van der Waals surface area contributed by atoms with Crippen molar-refractivity contribution in [2.24, 2.45) is 5.92 Å². The molecule has 0 spiro atoms. The molecule has 0 bridgehead atoms. The minimum atomic E-state index is -1.03. The molecule has 0 atom stereocenters.